The van der Waals surface area contributed by atoms with E-state index < -0.39 is 0 Å². The van der Waals surface area contributed by atoms with Crippen LogP contribution in [0.15, 0.2) is 27.6 Å². The van der Waals surface area contributed by atoms with Gasteiger partial charge in [-0.15, -0.1) is 12.6 Å². The number of benzene rings is 1. The lowest BCUT2D eigenvalue weighted by atomic mass is 9.89. The number of hydrogen-bond acceptors (Lipinski definition) is 2. The molecular weight excluding hydrogens is 322 g/mol. The maximum atomic E-state index is 12.4. The van der Waals surface area contributed by atoms with Gasteiger partial charge >= 0.3 is 0 Å². The fraction of sp³-hybridized carbons (Fsp3) is 0.533. The molecule has 1 fully saturated rings. The minimum Gasteiger partial charge on any atom is -0.341 e. The largest absolute Gasteiger partial charge is 0.341 e. The molecule has 19 heavy (non-hydrogen) atoms. The van der Waals surface area contributed by atoms with Gasteiger partial charge in [0.1, 0.15) is 0 Å². The van der Waals surface area contributed by atoms with Gasteiger partial charge in [-0.25, -0.2) is 0 Å². The first-order valence-corrected chi connectivity index (χ1v) is 8.06. The van der Waals surface area contributed by atoms with Gasteiger partial charge in [0.2, 0.25) is 0 Å². The second kappa shape index (κ2) is 6.80. The number of hydrogen-bond donors (Lipinski definition) is 1. The molecule has 0 atom stereocenters. The average molecular weight is 342 g/mol. The Morgan fingerprint density at radius 3 is 2.68 bits per heavy atom. The van der Waals surface area contributed by atoms with Crippen LogP contribution in [-0.4, -0.2) is 24.4 Å². The van der Waals surface area contributed by atoms with Gasteiger partial charge in [0.25, 0.3) is 5.91 Å². The molecule has 104 valence electrons. The Morgan fingerprint density at radius 2 is 2.05 bits per heavy atom. The van der Waals surface area contributed by atoms with Crippen LogP contribution < -0.4 is 0 Å². The first kappa shape index (κ1) is 14.9. The zero-order valence-corrected chi connectivity index (χ0v) is 13.7. The minimum atomic E-state index is 0.0723. The van der Waals surface area contributed by atoms with Gasteiger partial charge in [0.15, 0.2) is 0 Å². The topological polar surface area (TPSA) is 20.3 Å². The third-order valence-corrected chi connectivity index (χ3v) is 4.66. The molecule has 0 radical (unpaired) electrons. The number of nitrogens with zero attached hydrogens (tertiary/aromatic N) is 1. The van der Waals surface area contributed by atoms with E-state index in [0.29, 0.717) is 11.5 Å². The molecular formula is C15H20BrNOS. The summed E-state index contributed by atoms with van der Waals surface area (Å²) in [7, 11) is 1.90. The van der Waals surface area contributed by atoms with E-state index in [2.05, 4.69) is 28.6 Å². The zero-order chi connectivity index (χ0) is 13.8. The highest BCUT2D eigenvalue weighted by Gasteiger charge is 2.20. The summed E-state index contributed by atoms with van der Waals surface area (Å²) >= 11 is 7.78. The number of carbonyl (C=O) groups is 1. The quantitative estimate of drug-likeness (QED) is 0.808. The molecule has 1 aromatic rings. The molecule has 1 saturated carbocycles. The van der Waals surface area contributed by atoms with Crippen LogP contribution in [0.25, 0.3) is 0 Å². The Bertz CT molecular complexity index is 457. The van der Waals surface area contributed by atoms with Crippen molar-refractivity contribution in [2.75, 3.05) is 13.6 Å². The standard InChI is InChI=1S/C15H20BrNOS/c1-17(10-11-5-3-2-4-6-11)15(18)13-8-7-12(16)9-14(13)19/h7-9,11,19H,2-6,10H2,1H3. The van der Waals surface area contributed by atoms with Crippen molar-refractivity contribution in [3.8, 4) is 0 Å². The third-order valence-electron chi connectivity index (χ3n) is 3.79. The molecule has 0 saturated heterocycles. The van der Waals surface area contributed by atoms with Crippen molar-refractivity contribution < 1.29 is 4.79 Å². The molecule has 0 aliphatic heterocycles. The predicted molar refractivity (Wildman–Crippen MR) is 84.9 cm³/mol. The van der Waals surface area contributed by atoms with Crippen LogP contribution in [0.1, 0.15) is 42.5 Å². The smallest absolute Gasteiger partial charge is 0.254 e. The second-order valence-corrected chi connectivity index (χ2v) is 6.75. The molecule has 2 rings (SSSR count). The third kappa shape index (κ3) is 3.99. The lowest BCUT2D eigenvalue weighted by molar-refractivity contribution is 0.0757. The van der Waals surface area contributed by atoms with Crippen LogP contribution in [0.5, 0.6) is 0 Å². The predicted octanol–water partition coefficient (Wildman–Crippen LogP) is 4.39. The van der Waals surface area contributed by atoms with E-state index >= 15 is 0 Å². The van der Waals surface area contributed by atoms with Crippen molar-refractivity contribution in [2.24, 2.45) is 5.92 Å². The highest BCUT2D eigenvalue weighted by molar-refractivity contribution is 9.10. The summed E-state index contributed by atoms with van der Waals surface area (Å²) in [6.45, 7) is 0.863. The van der Waals surface area contributed by atoms with Gasteiger partial charge in [-0.05, 0) is 37.0 Å². The Labute approximate surface area is 129 Å². The normalized spacial score (nSPS) is 16.4. The summed E-state index contributed by atoms with van der Waals surface area (Å²) in [6, 6.07) is 5.60. The van der Waals surface area contributed by atoms with E-state index in [0.717, 1.165) is 15.9 Å². The Kier molecular flexibility index (Phi) is 5.34. The molecule has 2 nitrogen and oxygen atoms in total. The van der Waals surface area contributed by atoms with Gasteiger partial charge in [-0.1, -0.05) is 35.2 Å². The van der Waals surface area contributed by atoms with Gasteiger partial charge in [0.05, 0.1) is 5.56 Å². The molecule has 1 aromatic carbocycles. The Hall–Kier alpha value is -0.480. The van der Waals surface area contributed by atoms with E-state index in [1.54, 1.807) is 0 Å². The zero-order valence-electron chi connectivity index (χ0n) is 11.2. The van der Waals surface area contributed by atoms with E-state index in [1.807, 2.05) is 30.1 Å². The van der Waals surface area contributed by atoms with Crippen LogP contribution >= 0.6 is 28.6 Å². The van der Waals surface area contributed by atoms with Crippen LogP contribution in [0.3, 0.4) is 0 Å². The highest BCUT2D eigenvalue weighted by atomic mass is 79.9. The number of carbonyl (C=O) groups excluding carboxylic acids is 1. The van der Waals surface area contributed by atoms with Crippen LogP contribution in [-0.2, 0) is 0 Å². The number of amides is 1. The lowest BCUT2D eigenvalue weighted by Gasteiger charge is -2.27. The van der Waals surface area contributed by atoms with Gasteiger partial charge in [-0.2, -0.15) is 0 Å². The molecule has 0 unspecified atom stereocenters. The SMILES string of the molecule is CN(CC1CCCCC1)C(=O)c1ccc(Br)cc1S. The van der Waals surface area contributed by atoms with Crippen LogP contribution in [0.4, 0.5) is 0 Å². The van der Waals surface area contributed by atoms with E-state index in [1.165, 1.54) is 32.1 Å². The van der Waals surface area contributed by atoms with Crippen molar-refractivity contribution in [1.29, 1.82) is 0 Å². The van der Waals surface area contributed by atoms with Crippen molar-refractivity contribution in [3.05, 3.63) is 28.2 Å². The molecule has 0 heterocycles. The van der Waals surface area contributed by atoms with Crippen molar-refractivity contribution in [3.63, 3.8) is 0 Å². The van der Waals surface area contributed by atoms with E-state index in [4.69, 9.17) is 0 Å². The van der Waals surface area contributed by atoms with Gasteiger partial charge < -0.3 is 4.90 Å². The monoisotopic (exact) mass is 341 g/mol. The first-order valence-electron chi connectivity index (χ1n) is 6.82. The van der Waals surface area contributed by atoms with Gasteiger partial charge in [0, 0.05) is 23.0 Å². The fourth-order valence-electron chi connectivity index (χ4n) is 2.73. The molecule has 0 spiro atoms. The molecule has 1 aliphatic rings. The molecule has 1 aliphatic carbocycles. The van der Waals surface area contributed by atoms with Crippen molar-refractivity contribution in [2.45, 2.75) is 37.0 Å². The van der Waals surface area contributed by atoms with E-state index in [-0.39, 0.29) is 5.91 Å². The van der Waals surface area contributed by atoms with Crippen molar-refractivity contribution >= 4 is 34.5 Å². The molecule has 0 aromatic heterocycles. The summed E-state index contributed by atoms with van der Waals surface area (Å²) in [6.07, 6.45) is 6.48. The average Bonchev–Trinajstić information content (AvgIpc) is 2.39. The maximum Gasteiger partial charge on any atom is 0.254 e. The highest BCUT2D eigenvalue weighted by Crippen LogP contribution is 2.25. The Balaban J connectivity index is 2.01. The summed E-state index contributed by atoms with van der Waals surface area (Å²) < 4.78 is 0.948. The number of thiol groups is 1. The second-order valence-electron chi connectivity index (χ2n) is 5.35. The van der Waals surface area contributed by atoms with Crippen LogP contribution in [0, 0.1) is 5.92 Å². The molecule has 0 bridgehead atoms. The Morgan fingerprint density at radius 1 is 1.37 bits per heavy atom. The molecule has 0 N–H and O–H groups in total. The summed E-state index contributed by atoms with van der Waals surface area (Å²) in [4.78, 5) is 15.0. The van der Waals surface area contributed by atoms with Crippen molar-refractivity contribution in [1.82, 2.24) is 4.90 Å². The lowest BCUT2D eigenvalue weighted by Crippen LogP contribution is -2.32. The summed E-state index contributed by atoms with van der Waals surface area (Å²) in [5.74, 6) is 0.740. The van der Waals surface area contributed by atoms with E-state index in [9.17, 15) is 4.79 Å². The molecule has 1 amide bonds. The first-order chi connectivity index (χ1) is 9.08. The summed E-state index contributed by atoms with van der Waals surface area (Å²) in [5.41, 5.74) is 0.685. The number of rotatable bonds is 3. The van der Waals surface area contributed by atoms with Crippen LogP contribution in [0.2, 0.25) is 0 Å². The maximum absolute atomic E-state index is 12.4. The molecule has 4 heteroatoms. The minimum absolute atomic E-state index is 0.0723. The summed E-state index contributed by atoms with van der Waals surface area (Å²) in [5, 5.41) is 0. The fourth-order valence-corrected chi connectivity index (χ4v) is 3.58. The van der Waals surface area contributed by atoms with Gasteiger partial charge in [-0.3, -0.25) is 4.79 Å². The number of halogens is 1.